The molecular weight excluding hydrogens is 526 g/mol. The third-order valence-electron chi connectivity index (χ3n) is 8.56. The Hall–Kier alpha value is -2.76. The Morgan fingerprint density at radius 3 is 2.65 bits per heavy atom. The van der Waals surface area contributed by atoms with E-state index < -0.39 is 5.79 Å². The molecule has 0 spiro atoms. The lowest BCUT2D eigenvalue weighted by Crippen LogP contribution is -2.39. The van der Waals surface area contributed by atoms with Crippen LogP contribution in [0.4, 0.5) is 5.82 Å². The molecule has 0 bridgehead atoms. The van der Waals surface area contributed by atoms with Crippen molar-refractivity contribution in [3.63, 3.8) is 0 Å². The summed E-state index contributed by atoms with van der Waals surface area (Å²) in [5.41, 5.74) is 2.67. The SMILES string of the molecule is CCCSc1nc(NC2CC2c2ccccc2)c2nnn([C@H]3C[C@@H](C(=O)N4CCCC4)[C@@H]4OC(C)(C)O[C@@H]43)c2n1. The number of anilines is 1. The van der Waals surface area contributed by atoms with Crippen LogP contribution in [0.3, 0.4) is 0 Å². The molecule has 2 saturated heterocycles. The van der Waals surface area contributed by atoms with Crippen LogP contribution in [0.25, 0.3) is 11.2 Å². The van der Waals surface area contributed by atoms with E-state index in [2.05, 4.69) is 52.9 Å². The number of hydrogen-bond acceptors (Lipinski definition) is 9. The van der Waals surface area contributed by atoms with Crippen LogP contribution in [0.5, 0.6) is 0 Å². The van der Waals surface area contributed by atoms with Crippen LogP contribution in [-0.4, -0.2) is 78.6 Å². The molecule has 2 aromatic heterocycles. The van der Waals surface area contributed by atoms with E-state index in [9.17, 15) is 4.79 Å². The first kappa shape index (κ1) is 26.2. The standard InChI is InChI=1S/C29H37N7O3S/c1-4-14-40-28-31-25(30-20-15-18(20)17-10-6-5-7-11-17)22-26(32-28)36(34-33-22)21-16-19(27(37)35-12-8-9-13-35)23-24(21)39-29(2,3)38-23/h5-7,10-11,18-21,23-24H,4,8-9,12-16H2,1-3H3,(H,30,31,32)/t18?,19-,20?,21+,23+,24-/m1/s1. The number of likely N-dealkylation sites (tertiary alicyclic amines) is 1. The molecule has 6 atom stereocenters. The molecule has 11 heteroatoms. The summed E-state index contributed by atoms with van der Waals surface area (Å²) in [5, 5.41) is 13.6. The summed E-state index contributed by atoms with van der Waals surface area (Å²) in [6.45, 7) is 7.63. The number of benzene rings is 1. The lowest BCUT2D eigenvalue weighted by atomic mass is 10.0. The molecule has 1 amide bonds. The first-order chi connectivity index (χ1) is 19.4. The van der Waals surface area contributed by atoms with E-state index in [4.69, 9.17) is 19.4 Å². The zero-order chi connectivity index (χ0) is 27.4. The zero-order valence-electron chi connectivity index (χ0n) is 23.3. The average Bonchev–Trinajstić information content (AvgIpc) is 3.35. The molecule has 212 valence electrons. The van der Waals surface area contributed by atoms with Gasteiger partial charge in [0.25, 0.3) is 0 Å². The molecule has 2 aliphatic carbocycles. The van der Waals surface area contributed by atoms with Gasteiger partial charge >= 0.3 is 0 Å². The highest BCUT2D eigenvalue weighted by Crippen LogP contribution is 2.48. The maximum Gasteiger partial charge on any atom is 0.228 e. The fourth-order valence-corrected chi connectivity index (χ4v) is 7.29. The number of amides is 1. The molecule has 40 heavy (non-hydrogen) atoms. The van der Waals surface area contributed by atoms with E-state index in [0.29, 0.717) is 34.7 Å². The summed E-state index contributed by atoms with van der Waals surface area (Å²) in [6, 6.07) is 10.7. The Labute approximate surface area is 238 Å². The molecule has 2 saturated carbocycles. The second-order valence-electron chi connectivity index (χ2n) is 11.9. The van der Waals surface area contributed by atoms with E-state index in [1.807, 2.05) is 23.4 Å². The fraction of sp³-hybridized carbons (Fsp3) is 0.621. The topological polar surface area (TPSA) is 107 Å². The molecule has 4 aliphatic rings. The number of aromatic nitrogens is 5. The number of thioether (sulfide) groups is 1. The van der Waals surface area contributed by atoms with Crippen molar-refractivity contribution in [3.05, 3.63) is 35.9 Å². The maximum absolute atomic E-state index is 13.6. The number of ether oxygens (including phenoxy) is 2. The van der Waals surface area contributed by atoms with Gasteiger partial charge in [-0.05, 0) is 51.5 Å². The normalized spacial score (nSPS) is 30.6. The highest BCUT2D eigenvalue weighted by atomic mass is 32.2. The monoisotopic (exact) mass is 563 g/mol. The Morgan fingerprint density at radius 2 is 1.88 bits per heavy atom. The molecule has 4 fully saturated rings. The fourth-order valence-electron chi connectivity index (χ4n) is 6.60. The number of carbonyl (C=O) groups is 1. The van der Waals surface area contributed by atoms with Gasteiger partial charge in [0.05, 0.1) is 12.0 Å². The van der Waals surface area contributed by atoms with Crippen molar-refractivity contribution in [3.8, 4) is 0 Å². The van der Waals surface area contributed by atoms with Gasteiger partial charge in [0.2, 0.25) is 5.91 Å². The van der Waals surface area contributed by atoms with Crippen LogP contribution in [0, 0.1) is 5.92 Å². The molecule has 1 N–H and O–H groups in total. The van der Waals surface area contributed by atoms with E-state index in [1.54, 1.807) is 11.8 Å². The van der Waals surface area contributed by atoms with Gasteiger partial charge in [-0.2, -0.15) is 0 Å². The summed E-state index contributed by atoms with van der Waals surface area (Å²) in [5.74, 6) is 1.22. The first-order valence-electron chi connectivity index (χ1n) is 14.6. The van der Waals surface area contributed by atoms with Crippen molar-refractivity contribution in [2.75, 3.05) is 24.2 Å². The van der Waals surface area contributed by atoms with Crippen molar-refractivity contribution in [2.45, 2.75) is 94.0 Å². The molecule has 10 nitrogen and oxygen atoms in total. The van der Waals surface area contributed by atoms with E-state index in [1.165, 1.54) is 5.56 Å². The number of rotatable bonds is 8. The first-order valence-corrected chi connectivity index (χ1v) is 15.6. The summed E-state index contributed by atoms with van der Waals surface area (Å²) in [6.07, 6.45) is 4.15. The molecule has 0 radical (unpaired) electrons. The van der Waals surface area contributed by atoms with Gasteiger partial charge < -0.3 is 19.7 Å². The third-order valence-corrected chi connectivity index (χ3v) is 9.62. The lowest BCUT2D eigenvalue weighted by molar-refractivity contribution is -0.165. The minimum absolute atomic E-state index is 0.164. The van der Waals surface area contributed by atoms with Gasteiger partial charge in [0.1, 0.15) is 12.2 Å². The Morgan fingerprint density at radius 1 is 1.10 bits per heavy atom. The van der Waals surface area contributed by atoms with Crippen molar-refractivity contribution in [1.82, 2.24) is 29.9 Å². The van der Waals surface area contributed by atoms with Crippen LogP contribution in [0.15, 0.2) is 35.5 Å². The predicted molar refractivity (Wildman–Crippen MR) is 152 cm³/mol. The molecule has 7 rings (SSSR count). The summed E-state index contributed by atoms with van der Waals surface area (Å²) in [4.78, 5) is 25.4. The summed E-state index contributed by atoms with van der Waals surface area (Å²) in [7, 11) is 0. The van der Waals surface area contributed by atoms with E-state index in [-0.39, 0.29) is 30.1 Å². The number of hydrogen-bond donors (Lipinski definition) is 1. The van der Waals surface area contributed by atoms with Gasteiger partial charge in [0.15, 0.2) is 27.9 Å². The average molecular weight is 564 g/mol. The van der Waals surface area contributed by atoms with Gasteiger partial charge in [-0.1, -0.05) is 54.2 Å². The predicted octanol–water partition coefficient (Wildman–Crippen LogP) is 4.39. The van der Waals surface area contributed by atoms with Crippen LogP contribution < -0.4 is 5.32 Å². The Balaban J connectivity index is 1.22. The molecular formula is C29H37N7O3S. The van der Waals surface area contributed by atoms with Crippen LogP contribution >= 0.6 is 11.8 Å². The number of nitrogens with one attached hydrogen (secondary N) is 1. The highest BCUT2D eigenvalue weighted by Gasteiger charge is 2.58. The highest BCUT2D eigenvalue weighted by molar-refractivity contribution is 7.99. The number of fused-ring (bicyclic) bond motifs is 2. The molecule has 1 aromatic carbocycles. The van der Waals surface area contributed by atoms with Crippen molar-refractivity contribution >= 4 is 34.7 Å². The van der Waals surface area contributed by atoms with E-state index >= 15 is 0 Å². The smallest absolute Gasteiger partial charge is 0.228 e. The van der Waals surface area contributed by atoms with Gasteiger partial charge in [0, 0.05) is 30.8 Å². The number of carbonyl (C=O) groups excluding carboxylic acids is 1. The van der Waals surface area contributed by atoms with Crippen LogP contribution in [0.2, 0.25) is 0 Å². The van der Waals surface area contributed by atoms with Crippen LogP contribution in [-0.2, 0) is 14.3 Å². The molecule has 2 unspecified atom stereocenters. The van der Waals surface area contributed by atoms with Gasteiger partial charge in [-0.15, -0.1) is 5.10 Å². The van der Waals surface area contributed by atoms with Crippen molar-refractivity contribution in [2.24, 2.45) is 5.92 Å². The molecule has 4 heterocycles. The molecule has 3 aromatic rings. The quantitative estimate of drug-likeness (QED) is 0.315. The largest absolute Gasteiger partial charge is 0.365 e. The van der Waals surface area contributed by atoms with Gasteiger partial charge in [-0.3, -0.25) is 4.79 Å². The molecule has 2 aliphatic heterocycles. The number of nitrogens with zero attached hydrogens (tertiary/aromatic N) is 6. The van der Waals surface area contributed by atoms with Crippen molar-refractivity contribution < 1.29 is 14.3 Å². The summed E-state index contributed by atoms with van der Waals surface area (Å²) < 4.78 is 14.6. The lowest BCUT2D eigenvalue weighted by Gasteiger charge is -2.25. The van der Waals surface area contributed by atoms with E-state index in [0.717, 1.165) is 50.3 Å². The van der Waals surface area contributed by atoms with Gasteiger partial charge in [-0.25, -0.2) is 14.6 Å². The van der Waals surface area contributed by atoms with Crippen LogP contribution in [0.1, 0.15) is 70.4 Å². The Bertz CT molecular complexity index is 1390. The minimum atomic E-state index is -0.768. The Kier molecular flexibility index (Phi) is 6.71. The maximum atomic E-state index is 13.6. The zero-order valence-corrected chi connectivity index (χ0v) is 24.1. The second-order valence-corrected chi connectivity index (χ2v) is 13.0. The minimum Gasteiger partial charge on any atom is -0.365 e. The third kappa shape index (κ3) is 4.75. The second kappa shape index (κ2) is 10.3. The summed E-state index contributed by atoms with van der Waals surface area (Å²) >= 11 is 1.64. The van der Waals surface area contributed by atoms with Crippen molar-refractivity contribution in [1.29, 1.82) is 0 Å².